The lowest BCUT2D eigenvalue weighted by Crippen LogP contribution is -2.41. The molecule has 1 aliphatic rings. The van der Waals surface area contributed by atoms with E-state index < -0.39 is 0 Å². The number of carbonyl (C=O) groups excluding carboxylic acids is 1. The fourth-order valence-corrected chi connectivity index (χ4v) is 4.25. The van der Waals surface area contributed by atoms with Crippen LogP contribution >= 0.6 is 15.9 Å². The molecule has 5 nitrogen and oxygen atoms in total. The van der Waals surface area contributed by atoms with E-state index in [1.54, 1.807) is 17.0 Å². The van der Waals surface area contributed by atoms with Crippen LogP contribution in [0.25, 0.3) is 0 Å². The van der Waals surface area contributed by atoms with Gasteiger partial charge in [0.25, 0.3) is 0 Å². The van der Waals surface area contributed by atoms with Crippen LogP contribution in [-0.2, 0) is 0 Å². The molecule has 1 fully saturated rings. The Hall–Kier alpha value is -1.11. The van der Waals surface area contributed by atoms with Crippen LogP contribution in [0.1, 0.15) is 51.9 Å². The van der Waals surface area contributed by atoms with Gasteiger partial charge in [0.1, 0.15) is 5.75 Å². The van der Waals surface area contributed by atoms with Gasteiger partial charge in [-0.2, -0.15) is 0 Å². The Bertz CT molecular complexity index is 574. The minimum Gasteiger partial charge on any atom is -0.410 e. The molecule has 1 amide bonds. The summed E-state index contributed by atoms with van der Waals surface area (Å²) in [7, 11) is 1.85. The van der Waals surface area contributed by atoms with Crippen LogP contribution in [0.15, 0.2) is 28.7 Å². The van der Waals surface area contributed by atoms with Gasteiger partial charge in [-0.05, 0) is 75.4 Å². The van der Waals surface area contributed by atoms with Crippen LogP contribution in [-0.4, -0.2) is 60.3 Å². The summed E-state index contributed by atoms with van der Waals surface area (Å²) in [5, 5.41) is 9.05. The second kappa shape index (κ2) is 12.5. The zero-order valence-electron chi connectivity index (χ0n) is 17.3. The zero-order valence-corrected chi connectivity index (χ0v) is 18.9. The first-order chi connectivity index (χ1) is 13.5. The highest BCUT2D eigenvalue weighted by Crippen LogP contribution is 2.31. The van der Waals surface area contributed by atoms with Crippen LogP contribution in [0, 0.1) is 5.92 Å². The lowest BCUT2D eigenvalue weighted by molar-refractivity contribution is 0.123. The average Bonchev–Trinajstić information content (AvgIpc) is 2.71. The molecule has 0 bridgehead atoms. The normalized spacial score (nSPS) is 19.6. The van der Waals surface area contributed by atoms with E-state index in [0.717, 1.165) is 42.9 Å². The topological polar surface area (TPSA) is 53.0 Å². The number of halogens is 1. The van der Waals surface area contributed by atoms with E-state index in [2.05, 4.69) is 27.8 Å². The van der Waals surface area contributed by atoms with Crippen LogP contribution in [0.4, 0.5) is 4.79 Å². The van der Waals surface area contributed by atoms with E-state index in [1.807, 2.05) is 19.2 Å². The summed E-state index contributed by atoms with van der Waals surface area (Å²) >= 11 is 3.39. The lowest BCUT2D eigenvalue weighted by atomic mass is 9.82. The summed E-state index contributed by atoms with van der Waals surface area (Å²) in [6, 6.07) is 7.62. The van der Waals surface area contributed by atoms with Gasteiger partial charge < -0.3 is 19.6 Å². The number of nitrogens with zero attached hydrogens (tertiary/aromatic N) is 2. The molecule has 0 spiro atoms. The Morgan fingerprint density at radius 1 is 1.14 bits per heavy atom. The Labute approximate surface area is 178 Å². The quantitative estimate of drug-likeness (QED) is 0.509. The molecule has 0 aromatic heterocycles. The van der Waals surface area contributed by atoms with Crippen molar-refractivity contribution in [1.82, 2.24) is 9.80 Å². The molecule has 28 heavy (non-hydrogen) atoms. The van der Waals surface area contributed by atoms with Gasteiger partial charge in [-0.25, -0.2) is 4.79 Å². The zero-order chi connectivity index (χ0) is 20.4. The first-order valence-corrected chi connectivity index (χ1v) is 11.4. The number of ether oxygens (including phenoxy) is 1. The third-order valence-corrected chi connectivity index (χ3v) is 6.40. The lowest BCUT2D eigenvalue weighted by Gasteiger charge is -2.34. The van der Waals surface area contributed by atoms with Gasteiger partial charge in [0.05, 0.1) is 6.61 Å². The van der Waals surface area contributed by atoms with E-state index in [4.69, 9.17) is 9.84 Å². The third kappa shape index (κ3) is 7.72. The highest BCUT2D eigenvalue weighted by Gasteiger charge is 2.27. The molecule has 1 aliphatic carbocycles. The molecule has 0 radical (unpaired) electrons. The number of carbonyl (C=O) groups is 1. The molecule has 158 valence electrons. The second-order valence-corrected chi connectivity index (χ2v) is 8.68. The van der Waals surface area contributed by atoms with Crippen molar-refractivity contribution < 1.29 is 14.6 Å². The first-order valence-electron chi connectivity index (χ1n) is 10.6. The van der Waals surface area contributed by atoms with Crippen molar-refractivity contribution in [2.45, 2.75) is 57.9 Å². The van der Waals surface area contributed by atoms with E-state index in [0.29, 0.717) is 5.75 Å². The number of benzene rings is 1. The van der Waals surface area contributed by atoms with Gasteiger partial charge in [-0.1, -0.05) is 35.7 Å². The van der Waals surface area contributed by atoms with E-state index >= 15 is 0 Å². The predicted octanol–water partition coefficient (Wildman–Crippen LogP) is 4.92. The van der Waals surface area contributed by atoms with Crippen molar-refractivity contribution in [3.05, 3.63) is 28.7 Å². The maximum absolute atomic E-state index is 12.4. The monoisotopic (exact) mass is 454 g/mol. The third-order valence-electron chi connectivity index (χ3n) is 5.87. The van der Waals surface area contributed by atoms with Crippen molar-refractivity contribution in [3.8, 4) is 5.75 Å². The molecule has 2 rings (SSSR count). The molecular formula is C22H35BrN2O3. The molecule has 6 heteroatoms. The molecular weight excluding hydrogens is 420 g/mol. The summed E-state index contributed by atoms with van der Waals surface area (Å²) in [5.74, 6) is 1.36. The van der Waals surface area contributed by atoms with Gasteiger partial charge >= 0.3 is 6.09 Å². The molecule has 0 unspecified atom stereocenters. The Balaban J connectivity index is 1.65. The van der Waals surface area contributed by atoms with Crippen molar-refractivity contribution in [1.29, 1.82) is 0 Å². The Morgan fingerprint density at radius 2 is 1.82 bits per heavy atom. The van der Waals surface area contributed by atoms with Gasteiger partial charge in [0, 0.05) is 24.1 Å². The molecule has 0 atom stereocenters. The molecule has 1 saturated carbocycles. The predicted molar refractivity (Wildman–Crippen MR) is 117 cm³/mol. The first kappa shape index (κ1) is 23.2. The standard InChI is InChI=1S/C22H35BrN2O3/c1-3-25(16-17-26)15-5-4-6-18-7-11-20(12-8-18)24(2)22(27)28-21-13-9-19(23)10-14-21/h9-10,13-14,18,20,26H,3-8,11-12,15-17H2,1-2H3. The largest absolute Gasteiger partial charge is 0.415 e. The van der Waals surface area contributed by atoms with E-state index in [9.17, 15) is 4.79 Å². The molecule has 0 saturated heterocycles. The second-order valence-electron chi connectivity index (χ2n) is 7.76. The average molecular weight is 455 g/mol. The number of likely N-dealkylation sites (N-methyl/N-ethyl adjacent to an activating group) is 1. The summed E-state index contributed by atoms with van der Waals surface area (Å²) in [5.41, 5.74) is 0. The maximum atomic E-state index is 12.4. The molecule has 0 aliphatic heterocycles. The smallest absolute Gasteiger partial charge is 0.410 e. The molecule has 0 heterocycles. The van der Waals surface area contributed by atoms with Crippen molar-refractivity contribution in [3.63, 3.8) is 0 Å². The molecule has 1 aromatic carbocycles. The van der Waals surface area contributed by atoms with E-state index in [-0.39, 0.29) is 18.7 Å². The van der Waals surface area contributed by atoms with Crippen LogP contribution < -0.4 is 4.74 Å². The summed E-state index contributed by atoms with van der Waals surface area (Å²) in [4.78, 5) is 16.5. The summed E-state index contributed by atoms with van der Waals surface area (Å²) < 4.78 is 6.45. The minimum absolute atomic E-state index is 0.246. The number of unbranched alkanes of at least 4 members (excludes halogenated alkanes) is 1. The van der Waals surface area contributed by atoms with Crippen molar-refractivity contribution >= 4 is 22.0 Å². The summed E-state index contributed by atoms with van der Waals surface area (Å²) in [6.45, 7) is 5.26. The van der Waals surface area contributed by atoms with Crippen LogP contribution in [0.5, 0.6) is 5.75 Å². The number of rotatable bonds is 10. The van der Waals surface area contributed by atoms with Crippen LogP contribution in [0.3, 0.4) is 0 Å². The van der Waals surface area contributed by atoms with Gasteiger partial charge in [0.2, 0.25) is 0 Å². The maximum Gasteiger partial charge on any atom is 0.415 e. The fraction of sp³-hybridized carbons (Fsp3) is 0.682. The van der Waals surface area contributed by atoms with Crippen molar-refractivity contribution in [2.24, 2.45) is 5.92 Å². The SMILES string of the molecule is CCN(CCO)CCCCC1CCC(N(C)C(=O)Oc2ccc(Br)cc2)CC1. The Kier molecular flexibility index (Phi) is 10.3. The van der Waals surface area contributed by atoms with Crippen molar-refractivity contribution in [2.75, 3.05) is 33.3 Å². The number of amides is 1. The number of hydrogen-bond acceptors (Lipinski definition) is 4. The highest BCUT2D eigenvalue weighted by molar-refractivity contribution is 9.10. The summed E-state index contributed by atoms with van der Waals surface area (Å²) in [6.07, 6.45) is 7.95. The number of aliphatic hydroxyl groups excluding tert-OH is 1. The Morgan fingerprint density at radius 3 is 2.43 bits per heavy atom. The van der Waals surface area contributed by atoms with Gasteiger partial charge in [0.15, 0.2) is 0 Å². The van der Waals surface area contributed by atoms with Gasteiger partial charge in [-0.15, -0.1) is 0 Å². The highest BCUT2D eigenvalue weighted by atomic mass is 79.9. The molecule has 1 aromatic rings. The van der Waals surface area contributed by atoms with Crippen LogP contribution in [0.2, 0.25) is 0 Å². The van der Waals surface area contributed by atoms with E-state index in [1.165, 1.54) is 32.1 Å². The number of hydrogen-bond donors (Lipinski definition) is 1. The fourth-order valence-electron chi connectivity index (χ4n) is 3.98. The molecule has 1 N–H and O–H groups in total. The minimum atomic E-state index is -0.269. The van der Waals surface area contributed by atoms with Gasteiger partial charge in [-0.3, -0.25) is 0 Å². The number of aliphatic hydroxyl groups is 1.